The summed E-state index contributed by atoms with van der Waals surface area (Å²) in [6, 6.07) is 7.48. The predicted octanol–water partition coefficient (Wildman–Crippen LogP) is 4.41. The van der Waals surface area contributed by atoms with Gasteiger partial charge >= 0.3 is 0 Å². The maximum Gasteiger partial charge on any atom is 0.0108 e. The topological polar surface area (TPSA) is 26.0 Å². The van der Waals surface area contributed by atoms with Gasteiger partial charge in [-0.25, -0.2) is 0 Å². The largest absolute Gasteiger partial charge is 0.327 e. The standard InChI is InChI=1S/C19H29N/c20-19(17-7-4-2-1-3-5-8-17)14-15-11-12-16-9-6-10-18(16)13-15/h11-13,17,19H,1-10,14,20H2. The van der Waals surface area contributed by atoms with E-state index >= 15 is 0 Å². The van der Waals surface area contributed by atoms with E-state index in [1.54, 1.807) is 11.1 Å². The third kappa shape index (κ3) is 3.44. The summed E-state index contributed by atoms with van der Waals surface area (Å²) in [5.41, 5.74) is 11.2. The summed E-state index contributed by atoms with van der Waals surface area (Å²) in [7, 11) is 0. The highest BCUT2D eigenvalue weighted by molar-refractivity contribution is 5.35. The van der Waals surface area contributed by atoms with Crippen molar-refractivity contribution in [3.05, 3.63) is 34.9 Å². The smallest absolute Gasteiger partial charge is 0.0108 e. The molecule has 0 aliphatic heterocycles. The Hall–Kier alpha value is -0.820. The highest BCUT2D eigenvalue weighted by Gasteiger charge is 2.20. The average Bonchev–Trinajstić information content (AvgIpc) is 2.85. The molecule has 0 spiro atoms. The molecule has 1 fully saturated rings. The Morgan fingerprint density at radius 1 is 0.900 bits per heavy atom. The molecular formula is C19H29N. The number of benzene rings is 1. The van der Waals surface area contributed by atoms with Crippen molar-refractivity contribution in [2.75, 3.05) is 0 Å². The molecule has 20 heavy (non-hydrogen) atoms. The Labute approximate surface area is 124 Å². The fourth-order valence-corrected chi connectivity index (χ4v) is 4.11. The van der Waals surface area contributed by atoms with Gasteiger partial charge in [0, 0.05) is 6.04 Å². The van der Waals surface area contributed by atoms with Gasteiger partial charge < -0.3 is 5.73 Å². The van der Waals surface area contributed by atoms with Gasteiger partial charge in [0.15, 0.2) is 0 Å². The van der Waals surface area contributed by atoms with Crippen LogP contribution in [0.5, 0.6) is 0 Å². The predicted molar refractivity (Wildman–Crippen MR) is 86.0 cm³/mol. The Morgan fingerprint density at radius 3 is 2.40 bits per heavy atom. The molecule has 1 saturated carbocycles. The summed E-state index contributed by atoms with van der Waals surface area (Å²) in [5.74, 6) is 0.753. The molecule has 1 heteroatoms. The lowest BCUT2D eigenvalue weighted by Crippen LogP contribution is -2.32. The summed E-state index contributed by atoms with van der Waals surface area (Å²) >= 11 is 0. The third-order valence-electron chi connectivity index (χ3n) is 5.39. The van der Waals surface area contributed by atoms with Gasteiger partial charge in [0.25, 0.3) is 0 Å². The molecule has 0 radical (unpaired) electrons. The molecule has 3 rings (SSSR count). The molecule has 1 aromatic rings. The van der Waals surface area contributed by atoms with Gasteiger partial charge in [0.2, 0.25) is 0 Å². The van der Waals surface area contributed by atoms with E-state index < -0.39 is 0 Å². The second-order valence-corrected chi connectivity index (χ2v) is 6.93. The molecule has 0 heterocycles. The van der Waals surface area contributed by atoms with Gasteiger partial charge in [0.05, 0.1) is 0 Å². The molecule has 1 unspecified atom stereocenters. The van der Waals surface area contributed by atoms with Crippen molar-refractivity contribution in [2.45, 2.75) is 76.7 Å². The fraction of sp³-hybridized carbons (Fsp3) is 0.684. The van der Waals surface area contributed by atoms with Crippen LogP contribution in [0.25, 0.3) is 0 Å². The third-order valence-corrected chi connectivity index (χ3v) is 5.39. The SMILES string of the molecule is NC(Cc1ccc2c(c1)CCC2)C1CCCCCCC1. The minimum absolute atomic E-state index is 0.368. The van der Waals surface area contributed by atoms with Crippen molar-refractivity contribution in [1.29, 1.82) is 0 Å². The van der Waals surface area contributed by atoms with Crippen LogP contribution in [0.15, 0.2) is 18.2 Å². The molecule has 2 N–H and O–H groups in total. The van der Waals surface area contributed by atoms with Gasteiger partial charge in [-0.1, -0.05) is 50.3 Å². The molecule has 2 aliphatic carbocycles. The fourth-order valence-electron chi connectivity index (χ4n) is 4.11. The van der Waals surface area contributed by atoms with Gasteiger partial charge in [0.1, 0.15) is 0 Å². The van der Waals surface area contributed by atoms with Crippen molar-refractivity contribution in [3.63, 3.8) is 0 Å². The molecule has 0 bridgehead atoms. The molecule has 1 aromatic carbocycles. The number of rotatable bonds is 3. The van der Waals surface area contributed by atoms with E-state index in [0.717, 1.165) is 12.3 Å². The zero-order chi connectivity index (χ0) is 13.8. The van der Waals surface area contributed by atoms with E-state index in [0.29, 0.717) is 6.04 Å². The summed E-state index contributed by atoms with van der Waals surface area (Å²) in [6.45, 7) is 0. The van der Waals surface area contributed by atoms with Crippen molar-refractivity contribution in [2.24, 2.45) is 11.7 Å². The molecule has 1 nitrogen and oxygen atoms in total. The average molecular weight is 271 g/mol. The lowest BCUT2D eigenvalue weighted by atomic mass is 9.83. The summed E-state index contributed by atoms with van der Waals surface area (Å²) in [4.78, 5) is 0. The van der Waals surface area contributed by atoms with E-state index in [1.165, 1.54) is 69.8 Å². The Bertz CT molecular complexity index is 429. The summed E-state index contributed by atoms with van der Waals surface area (Å²) < 4.78 is 0. The van der Waals surface area contributed by atoms with Crippen LogP contribution in [-0.2, 0) is 19.3 Å². The number of hydrogen-bond acceptors (Lipinski definition) is 1. The Balaban J connectivity index is 1.61. The van der Waals surface area contributed by atoms with Crippen LogP contribution in [0.2, 0.25) is 0 Å². The van der Waals surface area contributed by atoms with Crippen LogP contribution in [0.1, 0.15) is 68.1 Å². The van der Waals surface area contributed by atoms with E-state index in [4.69, 9.17) is 5.73 Å². The Morgan fingerprint density at radius 2 is 1.60 bits per heavy atom. The first kappa shape index (κ1) is 14.1. The second-order valence-electron chi connectivity index (χ2n) is 6.93. The molecule has 1 atom stereocenters. The van der Waals surface area contributed by atoms with Crippen molar-refractivity contribution in [1.82, 2.24) is 0 Å². The number of aryl methyl sites for hydroxylation is 2. The minimum Gasteiger partial charge on any atom is -0.327 e. The molecule has 2 aliphatic rings. The van der Waals surface area contributed by atoms with Crippen LogP contribution in [0, 0.1) is 5.92 Å². The maximum atomic E-state index is 6.55. The highest BCUT2D eigenvalue weighted by Crippen LogP contribution is 2.27. The van der Waals surface area contributed by atoms with Crippen molar-refractivity contribution < 1.29 is 0 Å². The summed E-state index contributed by atoms with van der Waals surface area (Å²) in [6.07, 6.45) is 14.7. The number of hydrogen-bond donors (Lipinski definition) is 1. The number of nitrogens with two attached hydrogens (primary N) is 1. The first-order valence-corrected chi connectivity index (χ1v) is 8.69. The zero-order valence-electron chi connectivity index (χ0n) is 12.7. The first-order valence-electron chi connectivity index (χ1n) is 8.69. The quantitative estimate of drug-likeness (QED) is 0.866. The molecule has 0 saturated heterocycles. The molecule has 110 valence electrons. The second kappa shape index (κ2) is 6.76. The van der Waals surface area contributed by atoms with Gasteiger partial charge in [-0.05, 0) is 61.1 Å². The zero-order valence-corrected chi connectivity index (χ0v) is 12.7. The highest BCUT2D eigenvalue weighted by atomic mass is 14.6. The number of fused-ring (bicyclic) bond motifs is 1. The van der Waals surface area contributed by atoms with Crippen LogP contribution in [0.3, 0.4) is 0 Å². The monoisotopic (exact) mass is 271 g/mol. The van der Waals surface area contributed by atoms with E-state index in [-0.39, 0.29) is 0 Å². The van der Waals surface area contributed by atoms with Crippen molar-refractivity contribution in [3.8, 4) is 0 Å². The van der Waals surface area contributed by atoms with Gasteiger partial charge in [-0.15, -0.1) is 0 Å². The van der Waals surface area contributed by atoms with Crippen LogP contribution >= 0.6 is 0 Å². The van der Waals surface area contributed by atoms with Gasteiger partial charge in [-0.3, -0.25) is 0 Å². The first-order chi connectivity index (χ1) is 9.83. The van der Waals surface area contributed by atoms with E-state index in [2.05, 4.69) is 18.2 Å². The van der Waals surface area contributed by atoms with Crippen LogP contribution in [-0.4, -0.2) is 6.04 Å². The summed E-state index contributed by atoms with van der Waals surface area (Å²) in [5, 5.41) is 0. The normalized spacial score (nSPS) is 22.1. The molecular weight excluding hydrogens is 242 g/mol. The maximum absolute atomic E-state index is 6.55. The Kier molecular flexibility index (Phi) is 4.77. The molecule has 0 amide bonds. The van der Waals surface area contributed by atoms with Crippen LogP contribution < -0.4 is 5.73 Å². The van der Waals surface area contributed by atoms with Crippen LogP contribution in [0.4, 0.5) is 0 Å². The van der Waals surface area contributed by atoms with E-state index in [1.807, 2.05) is 0 Å². The minimum atomic E-state index is 0.368. The van der Waals surface area contributed by atoms with Gasteiger partial charge in [-0.2, -0.15) is 0 Å². The lowest BCUT2D eigenvalue weighted by Gasteiger charge is -2.26. The lowest BCUT2D eigenvalue weighted by molar-refractivity contribution is 0.322. The van der Waals surface area contributed by atoms with E-state index in [9.17, 15) is 0 Å². The molecule has 0 aromatic heterocycles. The van der Waals surface area contributed by atoms with Crippen molar-refractivity contribution >= 4 is 0 Å².